The summed E-state index contributed by atoms with van der Waals surface area (Å²) in [5.74, 6) is 0.260. The predicted octanol–water partition coefficient (Wildman–Crippen LogP) is 0.980. The van der Waals surface area contributed by atoms with Gasteiger partial charge in [-0.2, -0.15) is 5.10 Å². The normalized spacial score (nSPS) is 12.4. The number of aliphatic hydroxyl groups is 2. The molecule has 2 N–H and O–H groups in total. The van der Waals surface area contributed by atoms with Crippen molar-refractivity contribution in [3.8, 4) is 0 Å². The van der Waals surface area contributed by atoms with E-state index in [1.807, 2.05) is 31.6 Å². The Hall–Kier alpha value is -0.870. The van der Waals surface area contributed by atoms with E-state index in [1.54, 1.807) is 6.20 Å². The highest BCUT2D eigenvalue weighted by Crippen LogP contribution is 2.31. The summed E-state index contributed by atoms with van der Waals surface area (Å²) < 4.78 is 1.83. The van der Waals surface area contributed by atoms with Crippen LogP contribution in [0.25, 0.3) is 0 Å². The van der Waals surface area contributed by atoms with E-state index < -0.39 is 0 Å². The summed E-state index contributed by atoms with van der Waals surface area (Å²) in [6.07, 6.45) is 3.37. The highest BCUT2D eigenvalue weighted by atomic mass is 16.3. The number of nitrogens with zero attached hydrogens (tertiary/aromatic N) is 2. The molecule has 1 rings (SSSR count). The van der Waals surface area contributed by atoms with Crippen molar-refractivity contribution in [2.45, 2.75) is 26.7 Å². The Labute approximate surface area is 96.9 Å². The first-order chi connectivity index (χ1) is 7.55. The third-order valence-corrected chi connectivity index (χ3v) is 3.66. The van der Waals surface area contributed by atoms with Crippen LogP contribution in [0.2, 0.25) is 0 Å². The van der Waals surface area contributed by atoms with Crippen LogP contribution in [0, 0.1) is 11.3 Å². The van der Waals surface area contributed by atoms with E-state index in [2.05, 4.69) is 5.10 Å². The molecule has 4 heteroatoms. The second-order valence-corrected chi connectivity index (χ2v) is 4.78. The molecule has 0 radical (unpaired) electrons. The molecule has 0 aliphatic rings. The lowest BCUT2D eigenvalue weighted by atomic mass is 9.75. The van der Waals surface area contributed by atoms with Crippen LogP contribution in [0.1, 0.15) is 26.0 Å². The summed E-state index contributed by atoms with van der Waals surface area (Å²) in [5, 5.41) is 23.0. The maximum Gasteiger partial charge on any atom is 0.0512 e. The largest absolute Gasteiger partial charge is 0.396 e. The van der Waals surface area contributed by atoms with Crippen LogP contribution in [0.4, 0.5) is 0 Å². The molecule has 4 nitrogen and oxygen atoms in total. The minimum Gasteiger partial charge on any atom is -0.396 e. The molecule has 0 aromatic carbocycles. The van der Waals surface area contributed by atoms with Gasteiger partial charge in [0.25, 0.3) is 0 Å². The van der Waals surface area contributed by atoms with Gasteiger partial charge < -0.3 is 10.2 Å². The minimum absolute atomic E-state index is 0.0268. The van der Waals surface area contributed by atoms with Gasteiger partial charge in [0.2, 0.25) is 0 Å². The van der Waals surface area contributed by atoms with Crippen LogP contribution in [-0.2, 0) is 13.5 Å². The fourth-order valence-electron chi connectivity index (χ4n) is 1.89. The molecule has 0 atom stereocenters. The molecular formula is C12H22N2O2. The van der Waals surface area contributed by atoms with Gasteiger partial charge in [-0.25, -0.2) is 0 Å². The van der Waals surface area contributed by atoms with Crippen LogP contribution < -0.4 is 0 Å². The van der Waals surface area contributed by atoms with Gasteiger partial charge in [0, 0.05) is 24.4 Å². The molecule has 0 fully saturated rings. The first kappa shape index (κ1) is 13.2. The Morgan fingerprint density at radius 3 is 2.38 bits per heavy atom. The van der Waals surface area contributed by atoms with Crippen molar-refractivity contribution in [1.29, 1.82) is 0 Å². The molecule has 0 bridgehead atoms. The molecule has 1 aromatic rings. The highest BCUT2D eigenvalue weighted by Gasteiger charge is 2.32. The molecule has 92 valence electrons. The van der Waals surface area contributed by atoms with Gasteiger partial charge in [-0.1, -0.05) is 13.8 Å². The molecule has 1 heterocycles. The van der Waals surface area contributed by atoms with E-state index in [4.69, 9.17) is 0 Å². The van der Waals surface area contributed by atoms with Crippen molar-refractivity contribution in [2.75, 3.05) is 13.2 Å². The standard InChI is InChI=1S/C12H22N2O2/c1-10(2)12(8-15,9-16)6-4-11-5-7-13-14(11)3/h5,7,10,15-16H,4,6,8-9H2,1-3H3. The molecule has 0 unspecified atom stereocenters. The van der Waals surface area contributed by atoms with Crippen LogP contribution in [0.15, 0.2) is 12.3 Å². The second-order valence-electron chi connectivity index (χ2n) is 4.78. The third-order valence-electron chi connectivity index (χ3n) is 3.66. The zero-order valence-corrected chi connectivity index (χ0v) is 10.3. The van der Waals surface area contributed by atoms with Gasteiger partial charge in [0.15, 0.2) is 0 Å². The molecule has 0 amide bonds. The summed E-state index contributed by atoms with van der Waals surface area (Å²) in [6, 6.07) is 1.97. The molecule has 0 saturated heterocycles. The zero-order valence-electron chi connectivity index (χ0n) is 10.3. The number of hydrogen-bond donors (Lipinski definition) is 2. The van der Waals surface area contributed by atoms with Gasteiger partial charge in [-0.15, -0.1) is 0 Å². The summed E-state index contributed by atoms with van der Waals surface area (Å²) in [4.78, 5) is 0. The fraction of sp³-hybridized carbons (Fsp3) is 0.750. The summed E-state index contributed by atoms with van der Waals surface area (Å²) in [5.41, 5.74) is 0.747. The van der Waals surface area contributed by atoms with Crippen molar-refractivity contribution in [1.82, 2.24) is 9.78 Å². The quantitative estimate of drug-likeness (QED) is 0.760. The molecule has 0 aliphatic heterocycles. The van der Waals surface area contributed by atoms with Gasteiger partial charge in [-0.05, 0) is 24.8 Å². The smallest absolute Gasteiger partial charge is 0.0512 e. The first-order valence-electron chi connectivity index (χ1n) is 5.74. The molecular weight excluding hydrogens is 204 g/mol. The molecule has 0 spiro atoms. The topological polar surface area (TPSA) is 58.3 Å². The number of aromatic nitrogens is 2. The molecule has 0 saturated carbocycles. The maximum absolute atomic E-state index is 9.46. The van der Waals surface area contributed by atoms with E-state index in [9.17, 15) is 10.2 Å². The van der Waals surface area contributed by atoms with E-state index >= 15 is 0 Å². The maximum atomic E-state index is 9.46. The monoisotopic (exact) mass is 226 g/mol. The molecule has 1 aromatic heterocycles. The van der Waals surface area contributed by atoms with Crippen molar-refractivity contribution < 1.29 is 10.2 Å². The van der Waals surface area contributed by atoms with Gasteiger partial charge in [0.1, 0.15) is 0 Å². The summed E-state index contributed by atoms with van der Waals surface area (Å²) in [7, 11) is 1.91. The Morgan fingerprint density at radius 2 is 2.00 bits per heavy atom. The van der Waals surface area contributed by atoms with Crippen LogP contribution >= 0.6 is 0 Å². The predicted molar refractivity (Wildman–Crippen MR) is 63.0 cm³/mol. The lowest BCUT2D eigenvalue weighted by molar-refractivity contribution is 0.00886. The van der Waals surface area contributed by atoms with Gasteiger partial charge >= 0.3 is 0 Å². The lowest BCUT2D eigenvalue weighted by Gasteiger charge is -2.34. The average Bonchev–Trinajstić information content (AvgIpc) is 2.66. The number of aliphatic hydroxyl groups excluding tert-OH is 2. The summed E-state index contributed by atoms with van der Waals surface area (Å²) >= 11 is 0. The van der Waals surface area contributed by atoms with Crippen LogP contribution in [0.3, 0.4) is 0 Å². The minimum atomic E-state index is -0.385. The zero-order chi connectivity index (χ0) is 12.2. The van der Waals surface area contributed by atoms with E-state index in [-0.39, 0.29) is 24.5 Å². The molecule has 16 heavy (non-hydrogen) atoms. The Kier molecular flexibility index (Phi) is 4.50. The summed E-state index contributed by atoms with van der Waals surface area (Å²) in [6.45, 7) is 4.13. The van der Waals surface area contributed by atoms with Crippen molar-refractivity contribution in [3.63, 3.8) is 0 Å². The van der Waals surface area contributed by atoms with E-state index in [0.29, 0.717) is 0 Å². The third kappa shape index (κ3) is 2.62. The van der Waals surface area contributed by atoms with Crippen LogP contribution in [0.5, 0.6) is 0 Å². The SMILES string of the molecule is CC(C)C(CO)(CO)CCc1ccnn1C. The van der Waals surface area contributed by atoms with E-state index in [0.717, 1.165) is 18.5 Å². The molecule has 0 aliphatic carbocycles. The fourth-order valence-corrected chi connectivity index (χ4v) is 1.89. The average molecular weight is 226 g/mol. The number of aryl methyl sites for hydroxylation is 2. The first-order valence-corrected chi connectivity index (χ1v) is 5.74. The highest BCUT2D eigenvalue weighted by molar-refractivity contribution is 5.01. The van der Waals surface area contributed by atoms with Gasteiger partial charge in [-0.3, -0.25) is 4.68 Å². The van der Waals surface area contributed by atoms with Crippen LogP contribution in [-0.4, -0.2) is 33.2 Å². The Balaban J connectivity index is 2.67. The van der Waals surface area contributed by atoms with Crippen molar-refractivity contribution in [3.05, 3.63) is 18.0 Å². The number of rotatable bonds is 6. The van der Waals surface area contributed by atoms with Gasteiger partial charge in [0.05, 0.1) is 13.2 Å². The second kappa shape index (κ2) is 5.46. The Bertz CT molecular complexity index is 317. The number of hydrogen-bond acceptors (Lipinski definition) is 3. The lowest BCUT2D eigenvalue weighted by Crippen LogP contribution is -2.36. The van der Waals surface area contributed by atoms with E-state index in [1.165, 1.54) is 0 Å². The van der Waals surface area contributed by atoms with Crippen molar-refractivity contribution >= 4 is 0 Å². The Morgan fingerprint density at radius 1 is 1.38 bits per heavy atom. The van der Waals surface area contributed by atoms with Crippen molar-refractivity contribution in [2.24, 2.45) is 18.4 Å².